The van der Waals surface area contributed by atoms with Gasteiger partial charge >= 0.3 is 0 Å². The zero-order valence-corrected chi connectivity index (χ0v) is 12.1. The topological polar surface area (TPSA) is 116 Å². The number of rotatable bonds is 6. The second-order valence-electron chi connectivity index (χ2n) is 4.29. The van der Waals surface area contributed by atoms with Crippen LogP contribution in [0, 0.1) is 13.8 Å². The Balaban J connectivity index is 2.14. The number of nitrogens with zero attached hydrogens (tertiary/aromatic N) is 3. The summed E-state index contributed by atoms with van der Waals surface area (Å²) in [6, 6.07) is 0. The van der Waals surface area contributed by atoms with Gasteiger partial charge in [0.2, 0.25) is 10.0 Å². The number of nitrogens with two attached hydrogens (primary N) is 1. The number of hydrogen-bond donors (Lipinski definition) is 2. The summed E-state index contributed by atoms with van der Waals surface area (Å²) in [6.07, 6.45) is 3.19. The van der Waals surface area contributed by atoms with E-state index in [4.69, 9.17) is 10.2 Å². The average Bonchev–Trinajstić information content (AvgIpc) is 2.96. The first kappa shape index (κ1) is 14.7. The maximum absolute atomic E-state index is 12.3. The molecule has 8 nitrogen and oxygen atoms in total. The van der Waals surface area contributed by atoms with Crippen LogP contribution in [0.2, 0.25) is 0 Å². The summed E-state index contributed by atoms with van der Waals surface area (Å²) >= 11 is 0. The molecule has 2 aromatic rings. The average molecular weight is 299 g/mol. The van der Waals surface area contributed by atoms with Crippen molar-refractivity contribution in [1.29, 1.82) is 0 Å². The lowest BCUT2D eigenvalue weighted by Gasteiger charge is -2.07. The molecule has 0 aliphatic carbocycles. The molecular weight excluding hydrogens is 282 g/mol. The summed E-state index contributed by atoms with van der Waals surface area (Å²) in [7, 11) is -3.65. The molecule has 2 heterocycles. The van der Waals surface area contributed by atoms with E-state index in [1.807, 2.05) is 0 Å². The summed E-state index contributed by atoms with van der Waals surface area (Å²) in [5.41, 5.74) is 6.10. The van der Waals surface area contributed by atoms with E-state index in [0.29, 0.717) is 23.6 Å². The summed E-state index contributed by atoms with van der Waals surface area (Å²) in [6.45, 7) is 4.02. The minimum atomic E-state index is -3.65. The van der Waals surface area contributed by atoms with Crippen LogP contribution in [0.25, 0.3) is 0 Å². The van der Waals surface area contributed by atoms with Gasteiger partial charge in [-0.05, 0) is 13.8 Å². The summed E-state index contributed by atoms with van der Waals surface area (Å²) in [4.78, 5) is 0.135. The lowest BCUT2D eigenvalue weighted by atomic mass is 10.2. The number of sulfonamides is 1. The Morgan fingerprint density at radius 2 is 2.15 bits per heavy atom. The third kappa shape index (κ3) is 2.89. The Kier molecular flexibility index (Phi) is 4.21. The predicted octanol–water partition coefficient (Wildman–Crippen LogP) is -0.0749. The fourth-order valence-corrected chi connectivity index (χ4v) is 3.49. The standard InChI is InChI=1S/C11H17N5O3S/c1-8-10(7-12)11(9(2)19-8)20(17,18)14-4-6-16-5-3-13-15-16/h3,5,14H,4,6-7,12H2,1-2H3. The van der Waals surface area contributed by atoms with Crippen LogP contribution in [-0.4, -0.2) is 30.0 Å². The van der Waals surface area contributed by atoms with E-state index < -0.39 is 10.0 Å². The number of nitrogens with one attached hydrogen (secondary N) is 1. The maximum atomic E-state index is 12.3. The van der Waals surface area contributed by atoms with Crippen LogP contribution >= 0.6 is 0 Å². The highest BCUT2D eigenvalue weighted by Crippen LogP contribution is 2.25. The Morgan fingerprint density at radius 1 is 1.40 bits per heavy atom. The Morgan fingerprint density at radius 3 is 2.75 bits per heavy atom. The molecule has 0 spiro atoms. The quantitative estimate of drug-likeness (QED) is 0.771. The van der Waals surface area contributed by atoms with Crippen molar-refractivity contribution in [2.75, 3.05) is 6.54 Å². The van der Waals surface area contributed by atoms with Crippen LogP contribution in [0.5, 0.6) is 0 Å². The van der Waals surface area contributed by atoms with Gasteiger partial charge in [-0.3, -0.25) is 4.68 Å². The molecule has 0 saturated heterocycles. The summed E-state index contributed by atoms with van der Waals surface area (Å²) < 4.78 is 34.0. The van der Waals surface area contributed by atoms with Crippen molar-refractivity contribution < 1.29 is 12.8 Å². The monoisotopic (exact) mass is 299 g/mol. The Hall–Kier alpha value is -1.71. The van der Waals surface area contributed by atoms with E-state index in [1.54, 1.807) is 24.7 Å². The molecule has 0 saturated carbocycles. The summed E-state index contributed by atoms with van der Waals surface area (Å²) in [5, 5.41) is 7.40. The van der Waals surface area contributed by atoms with Crippen molar-refractivity contribution in [2.45, 2.75) is 31.8 Å². The highest BCUT2D eigenvalue weighted by Gasteiger charge is 2.25. The number of aryl methyl sites for hydroxylation is 2. The van der Waals surface area contributed by atoms with Crippen LogP contribution in [0.4, 0.5) is 0 Å². The fraction of sp³-hybridized carbons (Fsp3) is 0.455. The lowest BCUT2D eigenvalue weighted by Crippen LogP contribution is -2.28. The van der Waals surface area contributed by atoms with Crippen LogP contribution in [-0.2, 0) is 23.1 Å². The second-order valence-corrected chi connectivity index (χ2v) is 5.99. The van der Waals surface area contributed by atoms with E-state index in [-0.39, 0.29) is 18.0 Å². The minimum Gasteiger partial charge on any atom is -0.465 e. The van der Waals surface area contributed by atoms with E-state index >= 15 is 0 Å². The van der Waals surface area contributed by atoms with Crippen molar-refractivity contribution in [3.63, 3.8) is 0 Å². The van der Waals surface area contributed by atoms with E-state index in [2.05, 4.69) is 15.0 Å². The molecule has 2 aromatic heterocycles. The van der Waals surface area contributed by atoms with Gasteiger partial charge in [0.15, 0.2) is 0 Å². The predicted molar refractivity (Wildman–Crippen MR) is 71.3 cm³/mol. The van der Waals surface area contributed by atoms with Gasteiger partial charge in [-0.2, -0.15) is 0 Å². The largest absolute Gasteiger partial charge is 0.465 e. The molecule has 0 bridgehead atoms. The van der Waals surface area contributed by atoms with Crippen molar-refractivity contribution in [3.8, 4) is 0 Å². The molecule has 0 fully saturated rings. The number of hydrogen-bond acceptors (Lipinski definition) is 6. The molecule has 0 radical (unpaired) electrons. The zero-order chi connectivity index (χ0) is 14.8. The highest BCUT2D eigenvalue weighted by atomic mass is 32.2. The molecule has 0 aliphatic rings. The molecule has 3 N–H and O–H groups in total. The molecule has 0 aromatic carbocycles. The van der Waals surface area contributed by atoms with Gasteiger partial charge < -0.3 is 10.2 Å². The SMILES string of the molecule is Cc1oc(C)c(S(=O)(=O)NCCn2ccnn2)c1CN. The number of furan rings is 1. The molecule has 110 valence electrons. The number of aromatic nitrogens is 3. The maximum Gasteiger partial charge on any atom is 0.244 e. The fourth-order valence-electron chi connectivity index (χ4n) is 2.02. The van der Waals surface area contributed by atoms with Crippen LogP contribution in [0.15, 0.2) is 21.7 Å². The Labute approximate surface area is 117 Å². The first-order valence-corrected chi connectivity index (χ1v) is 7.56. The van der Waals surface area contributed by atoms with Crippen molar-refractivity contribution in [3.05, 3.63) is 29.5 Å². The lowest BCUT2D eigenvalue weighted by molar-refractivity contribution is 0.493. The third-order valence-corrected chi connectivity index (χ3v) is 4.56. The van der Waals surface area contributed by atoms with Crippen LogP contribution < -0.4 is 10.5 Å². The van der Waals surface area contributed by atoms with E-state index in [0.717, 1.165) is 0 Å². The van der Waals surface area contributed by atoms with Gasteiger partial charge in [0.1, 0.15) is 16.4 Å². The Bertz CT molecular complexity index is 675. The molecule has 9 heteroatoms. The molecule has 0 atom stereocenters. The second kappa shape index (κ2) is 5.73. The van der Waals surface area contributed by atoms with Gasteiger partial charge in [-0.15, -0.1) is 5.10 Å². The molecule has 0 aliphatic heterocycles. The third-order valence-electron chi connectivity index (χ3n) is 2.90. The molecule has 2 rings (SSSR count). The zero-order valence-electron chi connectivity index (χ0n) is 11.3. The molecule has 0 amide bonds. The van der Waals surface area contributed by atoms with Gasteiger partial charge in [0.25, 0.3) is 0 Å². The molecular formula is C11H17N5O3S. The van der Waals surface area contributed by atoms with E-state index in [9.17, 15) is 8.42 Å². The van der Waals surface area contributed by atoms with Crippen molar-refractivity contribution >= 4 is 10.0 Å². The van der Waals surface area contributed by atoms with Crippen LogP contribution in [0.1, 0.15) is 17.1 Å². The van der Waals surface area contributed by atoms with Gasteiger partial charge in [0.05, 0.1) is 12.7 Å². The normalized spacial score (nSPS) is 11.9. The first-order valence-electron chi connectivity index (χ1n) is 6.08. The van der Waals surface area contributed by atoms with E-state index in [1.165, 1.54) is 6.20 Å². The van der Waals surface area contributed by atoms with Crippen molar-refractivity contribution in [1.82, 2.24) is 19.7 Å². The summed E-state index contributed by atoms with van der Waals surface area (Å²) in [5.74, 6) is 0.873. The van der Waals surface area contributed by atoms with Gasteiger partial charge in [-0.1, -0.05) is 5.21 Å². The first-order chi connectivity index (χ1) is 9.45. The highest BCUT2D eigenvalue weighted by molar-refractivity contribution is 7.89. The molecule has 0 unspecified atom stereocenters. The van der Waals surface area contributed by atoms with Crippen LogP contribution in [0.3, 0.4) is 0 Å². The van der Waals surface area contributed by atoms with Crippen molar-refractivity contribution in [2.24, 2.45) is 5.73 Å². The van der Waals surface area contributed by atoms with Gasteiger partial charge in [0, 0.05) is 24.8 Å². The minimum absolute atomic E-state index is 0.114. The van der Waals surface area contributed by atoms with Gasteiger partial charge in [-0.25, -0.2) is 13.1 Å². The molecule has 20 heavy (non-hydrogen) atoms. The smallest absolute Gasteiger partial charge is 0.244 e.